The Kier molecular flexibility index (Phi) is 8.93. The van der Waals surface area contributed by atoms with E-state index in [-0.39, 0.29) is 18.8 Å². The minimum atomic E-state index is -3.51. The minimum absolute atomic E-state index is 0.0234. The van der Waals surface area contributed by atoms with E-state index in [0.29, 0.717) is 42.1 Å². The Morgan fingerprint density at radius 3 is 2.35 bits per heavy atom. The number of sulfonamides is 1. The molecular formula is C20H30N2O8S. The highest BCUT2D eigenvalue weighted by Crippen LogP contribution is 2.34. The molecule has 0 aliphatic carbocycles. The second-order valence-electron chi connectivity index (χ2n) is 6.99. The molecule has 1 N–H and O–H groups in total. The number of nitrogens with zero attached hydrogens (tertiary/aromatic N) is 1. The number of methoxy groups -OCH3 is 3. The third-order valence-corrected chi connectivity index (χ3v) is 6.98. The van der Waals surface area contributed by atoms with Gasteiger partial charge in [0, 0.05) is 24.7 Å². The Balaban J connectivity index is 1.93. The van der Waals surface area contributed by atoms with Crippen molar-refractivity contribution in [3.05, 3.63) is 17.7 Å². The molecule has 0 saturated carbocycles. The van der Waals surface area contributed by atoms with Crippen molar-refractivity contribution in [2.24, 2.45) is 0 Å². The lowest BCUT2D eigenvalue weighted by atomic mass is 10.1. The van der Waals surface area contributed by atoms with Crippen LogP contribution >= 0.6 is 0 Å². The first-order valence-electron chi connectivity index (χ1n) is 9.99. The quantitative estimate of drug-likeness (QED) is 0.489. The molecule has 1 amide bonds. The van der Waals surface area contributed by atoms with Crippen molar-refractivity contribution in [2.45, 2.75) is 38.8 Å². The van der Waals surface area contributed by atoms with Crippen LogP contribution in [-0.2, 0) is 30.9 Å². The molecule has 0 spiro atoms. The summed E-state index contributed by atoms with van der Waals surface area (Å²) in [6.07, 6.45) is 1.42. The normalized spacial score (nSPS) is 16.6. The van der Waals surface area contributed by atoms with Gasteiger partial charge in [-0.3, -0.25) is 9.59 Å². The summed E-state index contributed by atoms with van der Waals surface area (Å²) in [5.41, 5.74) is 0.646. The summed E-state index contributed by atoms with van der Waals surface area (Å²) in [4.78, 5) is 24.6. The summed E-state index contributed by atoms with van der Waals surface area (Å²) in [5, 5.41) is 2.65. The number of nitrogens with one attached hydrogen (secondary N) is 1. The van der Waals surface area contributed by atoms with E-state index in [1.54, 1.807) is 19.1 Å². The summed E-state index contributed by atoms with van der Waals surface area (Å²) in [6.45, 7) is 1.65. The molecule has 1 atom stereocenters. The number of carbonyl (C=O) groups excluding carboxylic acids is 2. The molecule has 1 heterocycles. The zero-order valence-electron chi connectivity index (χ0n) is 18.3. The van der Waals surface area contributed by atoms with Crippen LogP contribution in [0.2, 0.25) is 0 Å². The molecule has 1 fully saturated rings. The number of benzene rings is 1. The lowest BCUT2D eigenvalue weighted by molar-refractivity contribution is -0.151. The van der Waals surface area contributed by atoms with E-state index in [1.165, 1.54) is 25.6 Å². The fraction of sp³-hybridized carbons (Fsp3) is 0.600. The molecule has 0 bridgehead atoms. The molecule has 2 rings (SSSR count). The number of ether oxygens (including phenoxy) is 4. The van der Waals surface area contributed by atoms with Gasteiger partial charge in [-0.2, -0.15) is 4.31 Å². The molecule has 1 aromatic carbocycles. The number of hydrogen-bond acceptors (Lipinski definition) is 8. The Bertz CT molecular complexity index is 887. The standard InChI is InChI=1S/C20H30N2O8S/c1-5-9-31(25,26)22-8-6-7-15(22)20(24)30-13-19(23)21-12-14-10-17(28-3)18(29-4)11-16(14)27-2/h10-11,15H,5-9,12-13H2,1-4H3,(H,21,23). The highest BCUT2D eigenvalue weighted by molar-refractivity contribution is 7.89. The van der Waals surface area contributed by atoms with Crippen molar-refractivity contribution in [1.29, 1.82) is 0 Å². The molecule has 174 valence electrons. The third kappa shape index (κ3) is 6.23. The van der Waals surface area contributed by atoms with Gasteiger partial charge < -0.3 is 24.3 Å². The zero-order chi connectivity index (χ0) is 23.0. The predicted molar refractivity (Wildman–Crippen MR) is 113 cm³/mol. The van der Waals surface area contributed by atoms with E-state index in [0.717, 1.165) is 0 Å². The van der Waals surface area contributed by atoms with E-state index < -0.39 is 34.5 Å². The largest absolute Gasteiger partial charge is 0.496 e. The molecule has 1 unspecified atom stereocenters. The summed E-state index contributed by atoms with van der Waals surface area (Å²) in [7, 11) is 0.986. The van der Waals surface area contributed by atoms with Crippen LogP contribution in [0.3, 0.4) is 0 Å². The lowest BCUT2D eigenvalue weighted by Crippen LogP contribution is -2.43. The molecule has 1 saturated heterocycles. The van der Waals surface area contributed by atoms with Gasteiger partial charge in [-0.05, 0) is 25.3 Å². The maximum Gasteiger partial charge on any atom is 0.324 e. The Morgan fingerprint density at radius 1 is 1.10 bits per heavy atom. The number of hydrogen-bond donors (Lipinski definition) is 1. The van der Waals surface area contributed by atoms with Gasteiger partial charge in [0.2, 0.25) is 10.0 Å². The van der Waals surface area contributed by atoms with Gasteiger partial charge in [-0.25, -0.2) is 8.42 Å². The lowest BCUT2D eigenvalue weighted by Gasteiger charge is -2.22. The second-order valence-corrected chi connectivity index (χ2v) is 9.03. The van der Waals surface area contributed by atoms with E-state index in [1.807, 2.05) is 0 Å². The summed E-state index contributed by atoms with van der Waals surface area (Å²) < 4.78 is 46.7. The molecule has 1 aliphatic heterocycles. The number of carbonyl (C=O) groups is 2. The molecular weight excluding hydrogens is 428 g/mol. The predicted octanol–water partition coefficient (Wildman–Crippen LogP) is 1.08. The molecule has 10 nitrogen and oxygen atoms in total. The van der Waals surface area contributed by atoms with Gasteiger partial charge in [0.15, 0.2) is 18.1 Å². The van der Waals surface area contributed by atoms with Gasteiger partial charge in [-0.15, -0.1) is 0 Å². The highest BCUT2D eigenvalue weighted by atomic mass is 32.2. The van der Waals surface area contributed by atoms with Crippen LogP contribution in [0.4, 0.5) is 0 Å². The van der Waals surface area contributed by atoms with Crippen LogP contribution in [0.1, 0.15) is 31.7 Å². The molecule has 11 heteroatoms. The third-order valence-electron chi connectivity index (χ3n) is 4.90. The zero-order valence-corrected chi connectivity index (χ0v) is 19.1. The smallest absolute Gasteiger partial charge is 0.324 e. The van der Waals surface area contributed by atoms with Crippen LogP contribution in [0.25, 0.3) is 0 Å². The van der Waals surface area contributed by atoms with Crippen molar-refractivity contribution >= 4 is 21.9 Å². The first-order valence-corrected chi connectivity index (χ1v) is 11.6. The average Bonchev–Trinajstić information content (AvgIpc) is 3.26. The van der Waals surface area contributed by atoms with Crippen LogP contribution in [0.15, 0.2) is 12.1 Å². The van der Waals surface area contributed by atoms with Gasteiger partial charge in [-0.1, -0.05) is 6.92 Å². The first kappa shape index (κ1) is 24.7. The van der Waals surface area contributed by atoms with Crippen LogP contribution in [0, 0.1) is 0 Å². The highest BCUT2D eigenvalue weighted by Gasteiger charge is 2.39. The average molecular weight is 459 g/mol. The van der Waals surface area contributed by atoms with Crippen molar-refractivity contribution in [1.82, 2.24) is 9.62 Å². The van der Waals surface area contributed by atoms with Crippen LogP contribution in [0.5, 0.6) is 17.2 Å². The minimum Gasteiger partial charge on any atom is -0.496 e. The topological polar surface area (TPSA) is 120 Å². The molecule has 1 aliphatic rings. The van der Waals surface area contributed by atoms with Gasteiger partial charge in [0.25, 0.3) is 5.91 Å². The maximum atomic E-state index is 12.4. The van der Waals surface area contributed by atoms with Crippen molar-refractivity contribution < 1.29 is 37.0 Å². The van der Waals surface area contributed by atoms with Crippen LogP contribution in [-0.4, -0.2) is 70.9 Å². The Morgan fingerprint density at radius 2 is 1.74 bits per heavy atom. The number of rotatable bonds is 11. The summed E-state index contributed by atoms with van der Waals surface area (Å²) in [6, 6.07) is 2.44. The van der Waals surface area contributed by atoms with E-state index in [9.17, 15) is 18.0 Å². The fourth-order valence-corrected chi connectivity index (χ4v) is 5.13. The summed E-state index contributed by atoms with van der Waals surface area (Å²) in [5.74, 6) is 0.209. The molecule has 31 heavy (non-hydrogen) atoms. The number of esters is 1. The fourth-order valence-electron chi connectivity index (χ4n) is 3.39. The van der Waals surface area contributed by atoms with Gasteiger partial charge in [0.05, 0.1) is 27.1 Å². The first-order chi connectivity index (χ1) is 14.8. The number of amides is 1. The van der Waals surface area contributed by atoms with E-state index in [4.69, 9.17) is 18.9 Å². The maximum absolute atomic E-state index is 12.4. The van der Waals surface area contributed by atoms with Crippen LogP contribution < -0.4 is 19.5 Å². The molecule has 1 aromatic rings. The monoisotopic (exact) mass is 458 g/mol. The van der Waals surface area contributed by atoms with Crippen molar-refractivity contribution in [2.75, 3.05) is 40.2 Å². The Labute approximate surface area is 182 Å². The SMILES string of the molecule is CCCS(=O)(=O)N1CCCC1C(=O)OCC(=O)NCc1cc(OC)c(OC)cc1OC. The van der Waals surface area contributed by atoms with E-state index >= 15 is 0 Å². The molecule has 0 radical (unpaired) electrons. The van der Waals surface area contributed by atoms with Crippen molar-refractivity contribution in [3.63, 3.8) is 0 Å². The second kappa shape index (κ2) is 11.2. The molecule has 0 aromatic heterocycles. The van der Waals surface area contributed by atoms with E-state index in [2.05, 4.69) is 5.32 Å². The Hall–Kier alpha value is -2.53. The van der Waals surface area contributed by atoms with Gasteiger partial charge in [0.1, 0.15) is 11.8 Å². The van der Waals surface area contributed by atoms with Crippen molar-refractivity contribution in [3.8, 4) is 17.2 Å². The summed E-state index contributed by atoms with van der Waals surface area (Å²) >= 11 is 0. The van der Waals surface area contributed by atoms with Gasteiger partial charge >= 0.3 is 5.97 Å².